The summed E-state index contributed by atoms with van der Waals surface area (Å²) in [5.74, 6) is 0.858. The van der Waals surface area contributed by atoms with Gasteiger partial charge in [0, 0.05) is 43.8 Å². The van der Waals surface area contributed by atoms with E-state index >= 15 is 0 Å². The molecule has 1 saturated heterocycles. The number of nitrogens with one attached hydrogen (secondary N) is 1. The maximum Gasteiger partial charge on any atom is 0.137 e. The second-order valence-corrected chi connectivity index (χ2v) is 9.53. The number of rotatable bonds is 8. The van der Waals surface area contributed by atoms with Crippen molar-refractivity contribution in [1.29, 1.82) is 0 Å². The Morgan fingerprint density at radius 1 is 1.09 bits per heavy atom. The molecule has 1 aliphatic heterocycles. The van der Waals surface area contributed by atoms with Gasteiger partial charge in [0.1, 0.15) is 17.5 Å². The van der Waals surface area contributed by atoms with E-state index in [4.69, 9.17) is 4.98 Å². The van der Waals surface area contributed by atoms with Crippen LogP contribution >= 0.6 is 0 Å². The number of imidazole rings is 1. The van der Waals surface area contributed by atoms with E-state index in [1.165, 1.54) is 24.8 Å². The Kier molecular flexibility index (Phi) is 5.70. The van der Waals surface area contributed by atoms with Gasteiger partial charge in [-0.2, -0.15) is 0 Å². The molecule has 9 heteroatoms. The third kappa shape index (κ3) is 4.52. The van der Waals surface area contributed by atoms with Crippen molar-refractivity contribution in [2.75, 3.05) is 24.5 Å². The number of anilines is 1. The Bertz CT molecular complexity index is 1280. The first-order chi connectivity index (χ1) is 16.7. The van der Waals surface area contributed by atoms with E-state index in [0.29, 0.717) is 26.1 Å². The number of pyridine rings is 2. The molecule has 0 radical (unpaired) electrons. The number of halogens is 1. The molecule has 1 aliphatic carbocycles. The summed E-state index contributed by atoms with van der Waals surface area (Å²) in [6, 6.07) is 6.21. The molecule has 5 heterocycles. The first-order valence-electron chi connectivity index (χ1n) is 12.1. The molecule has 1 N–H and O–H groups in total. The van der Waals surface area contributed by atoms with E-state index in [1.54, 1.807) is 17.1 Å². The van der Waals surface area contributed by atoms with Gasteiger partial charge in [-0.15, -0.1) is 5.10 Å². The lowest BCUT2D eigenvalue weighted by molar-refractivity contribution is 0.301. The van der Waals surface area contributed by atoms with E-state index in [9.17, 15) is 4.39 Å². The molecule has 1 atom stereocenters. The predicted molar refractivity (Wildman–Crippen MR) is 128 cm³/mol. The number of alkyl halides is 1. The average Bonchev–Trinajstić information content (AvgIpc) is 3.55. The summed E-state index contributed by atoms with van der Waals surface area (Å²) in [7, 11) is 0. The molecule has 0 spiro atoms. The van der Waals surface area contributed by atoms with Crippen LogP contribution in [0.3, 0.4) is 0 Å². The third-order valence-corrected chi connectivity index (χ3v) is 6.93. The summed E-state index contributed by atoms with van der Waals surface area (Å²) in [6.07, 6.45) is 13.5. The molecule has 1 saturated carbocycles. The minimum Gasteiger partial charge on any atom is -0.367 e. The van der Waals surface area contributed by atoms with Crippen molar-refractivity contribution in [2.24, 2.45) is 5.92 Å². The van der Waals surface area contributed by atoms with Gasteiger partial charge in [-0.1, -0.05) is 17.7 Å². The summed E-state index contributed by atoms with van der Waals surface area (Å²) >= 11 is 0. The molecule has 0 amide bonds. The summed E-state index contributed by atoms with van der Waals surface area (Å²) in [6.45, 7) is 3.65. The summed E-state index contributed by atoms with van der Waals surface area (Å²) in [5, 5.41) is 12.2. The van der Waals surface area contributed by atoms with Gasteiger partial charge in [0.2, 0.25) is 0 Å². The zero-order chi connectivity index (χ0) is 22.9. The van der Waals surface area contributed by atoms with Crippen LogP contribution in [0.2, 0.25) is 0 Å². The van der Waals surface area contributed by atoms with E-state index in [0.717, 1.165) is 47.3 Å². The van der Waals surface area contributed by atoms with Gasteiger partial charge < -0.3 is 14.6 Å². The highest BCUT2D eigenvalue weighted by Gasteiger charge is 2.22. The molecular formula is C25H29FN8. The van der Waals surface area contributed by atoms with Gasteiger partial charge in [0.25, 0.3) is 0 Å². The predicted octanol–water partition coefficient (Wildman–Crippen LogP) is 3.47. The van der Waals surface area contributed by atoms with Gasteiger partial charge in [-0.25, -0.2) is 14.1 Å². The fraction of sp³-hybridized carbons (Fsp3) is 0.440. The van der Waals surface area contributed by atoms with Gasteiger partial charge in [-0.3, -0.25) is 4.98 Å². The molecule has 176 valence electrons. The molecule has 4 aromatic heterocycles. The van der Waals surface area contributed by atoms with Crippen LogP contribution in [0.1, 0.15) is 36.9 Å². The normalized spacial score (nSPS) is 18.6. The van der Waals surface area contributed by atoms with Gasteiger partial charge >= 0.3 is 0 Å². The highest BCUT2D eigenvalue weighted by atomic mass is 19.1. The van der Waals surface area contributed by atoms with Crippen molar-refractivity contribution < 1.29 is 4.39 Å². The van der Waals surface area contributed by atoms with Crippen molar-refractivity contribution >= 4 is 11.3 Å². The maximum atomic E-state index is 13.6. The summed E-state index contributed by atoms with van der Waals surface area (Å²) < 4.78 is 17.5. The number of fused-ring (bicyclic) bond motifs is 1. The zero-order valence-corrected chi connectivity index (χ0v) is 19.1. The average molecular weight is 461 g/mol. The third-order valence-electron chi connectivity index (χ3n) is 6.93. The van der Waals surface area contributed by atoms with Crippen molar-refractivity contribution in [3.63, 3.8) is 0 Å². The van der Waals surface area contributed by atoms with Gasteiger partial charge in [-0.05, 0) is 49.4 Å². The topological polar surface area (TPSA) is 76.2 Å². The molecule has 34 heavy (non-hydrogen) atoms. The first kappa shape index (κ1) is 21.2. The molecule has 2 aliphatic rings. The zero-order valence-electron chi connectivity index (χ0n) is 19.1. The first-order valence-corrected chi connectivity index (χ1v) is 12.1. The smallest absolute Gasteiger partial charge is 0.137 e. The Morgan fingerprint density at radius 2 is 2.03 bits per heavy atom. The van der Waals surface area contributed by atoms with E-state index in [2.05, 4.69) is 49.5 Å². The van der Waals surface area contributed by atoms with Crippen LogP contribution in [0.5, 0.6) is 0 Å². The molecular weight excluding hydrogens is 431 g/mol. The molecule has 6 rings (SSSR count). The fourth-order valence-electron chi connectivity index (χ4n) is 4.76. The number of hydrogen-bond acceptors (Lipinski definition) is 6. The van der Waals surface area contributed by atoms with Crippen molar-refractivity contribution in [1.82, 2.24) is 34.7 Å². The summed E-state index contributed by atoms with van der Waals surface area (Å²) in [5.41, 5.74) is 5.64. The van der Waals surface area contributed by atoms with E-state index in [1.807, 2.05) is 17.2 Å². The van der Waals surface area contributed by atoms with Crippen LogP contribution in [-0.2, 0) is 13.1 Å². The lowest BCUT2D eigenvalue weighted by atomic mass is 9.85. The van der Waals surface area contributed by atoms with E-state index < -0.39 is 6.17 Å². The Hall–Kier alpha value is -3.33. The highest BCUT2D eigenvalue weighted by Crippen LogP contribution is 2.26. The lowest BCUT2D eigenvalue weighted by Gasteiger charge is -2.25. The Balaban J connectivity index is 1.12. The molecule has 4 aromatic rings. The monoisotopic (exact) mass is 460 g/mol. The molecule has 2 fully saturated rings. The maximum absolute atomic E-state index is 13.6. The van der Waals surface area contributed by atoms with Crippen molar-refractivity contribution in [2.45, 2.75) is 44.9 Å². The quantitative estimate of drug-likeness (QED) is 0.434. The van der Waals surface area contributed by atoms with Gasteiger partial charge in [0.05, 0.1) is 30.3 Å². The largest absolute Gasteiger partial charge is 0.367 e. The Morgan fingerprint density at radius 3 is 2.85 bits per heavy atom. The standard InChI is InChI=1S/C25H29FN8/c26-21-6-7-32(14-21)23-8-20(11-28-12-23)24-17-34(31-30-24)16-22-15-33-13-19(4-5-25(33)29-22)10-27-9-18-2-1-3-18/h4-5,8,11-13,15,17-18,21,27H,1-3,6-7,9-10,14,16H2/t21-/m0/s1. The number of hydrogen-bond donors (Lipinski definition) is 1. The SMILES string of the molecule is F[C@H]1CCN(c2cncc(-c3cn(Cc4cn5cc(CNCC6CCC6)ccc5n4)nn3)c2)C1. The molecule has 0 bridgehead atoms. The van der Waals surface area contributed by atoms with Gasteiger partial charge in [0.15, 0.2) is 0 Å². The van der Waals surface area contributed by atoms with Crippen LogP contribution in [-0.4, -0.2) is 55.2 Å². The molecule has 0 aromatic carbocycles. The minimum atomic E-state index is -0.769. The van der Waals surface area contributed by atoms with Crippen LogP contribution < -0.4 is 10.2 Å². The van der Waals surface area contributed by atoms with Crippen LogP contribution in [0.25, 0.3) is 16.9 Å². The van der Waals surface area contributed by atoms with Crippen molar-refractivity contribution in [3.8, 4) is 11.3 Å². The van der Waals surface area contributed by atoms with Crippen LogP contribution in [0.4, 0.5) is 10.1 Å². The van der Waals surface area contributed by atoms with E-state index in [-0.39, 0.29) is 0 Å². The van der Waals surface area contributed by atoms with Crippen LogP contribution in [0, 0.1) is 5.92 Å². The second kappa shape index (κ2) is 9.13. The second-order valence-electron chi connectivity index (χ2n) is 9.53. The molecule has 8 nitrogen and oxygen atoms in total. The number of aromatic nitrogens is 6. The fourth-order valence-corrected chi connectivity index (χ4v) is 4.76. The molecule has 0 unspecified atom stereocenters. The lowest BCUT2D eigenvalue weighted by Crippen LogP contribution is -2.26. The highest BCUT2D eigenvalue weighted by molar-refractivity contribution is 5.63. The summed E-state index contributed by atoms with van der Waals surface area (Å²) in [4.78, 5) is 11.1. The van der Waals surface area contributed by atoms with Crippen molar-refractivity contribution in [3.05, 3.63) is 60.4 Å². The Labute approximate surface area is 197 Å². The van der Waals surface area contributed by atoms with Crippen LogP contribution in [0.15, 0.2) is 49.2 Å². The number of nitrogens with zero attached hydrogens (tertiary/aromatic N) is 7. The minimum absolute atomic E-state index is 0.421.